The van der Waals surface area contributed by atoms with Crippen molar-refractivity contribution in [1.82, 2.24) is 10.2 Å². The van der Waals surface area contributed by atoms with Gasteiger partial charge in [0, 0.05) is 25.6 Å². The summed E-state index contributed by atoms with van der Waals surface area (Å²) in [6, 6.07) is 6.06. The first-order valence-electron chi connectivity index (χ1n) is 8.05. The number of ether oxygens (including phenoxy) is 3. The molecule has 1 aromatic rings. The van der Waals surface area contributed by atoms with Gasteiger partial charge in [0.15, 0.2) is 17.5 Å². The van der Waals surface area contributed by atoms with E-state index in [-0.39, 0.29) is 5.41 Å². The summed E-state index contributed by atoms with van der Waals surface area (Å²) in [5, 5.41) is 3.35. The molecular formula is C17H25N3O3. The third kappa shape index (κ3) is 3.69. The summed E-state index contributed by atoms with van der Waals surface area (Å²) in [5.41, 5.74) is 1.35. The van der Waals surface area contributed by atoms with Crippen molar-refractivity contribution in [3.63, 3.8) is 0 Å². The topological polar surface area (TPSA) is 55.3 Å². The van der Waals surface area contributed by atoms with E-state index >= 15 is 0 Å². The first-order chi connectivity index (χ1) is 11.1. The molecule has 0 amide bonds. The maximum Gasteiger partial charge on any atom is 0.231 e. The van der Waals surface area contributed by atoms with Crippen molar-refractivity contribution in [3.8, 4) is 11.5 Å². The van der Waals surface area contributed by atoms with E-state index in [1.54, 1.807) is 0 Å². The highest BCUT2D eigenvalue weighted by Crippen LogP contribution is 2.32. The number of hydrogen-bond acceptors (Lipinski definition) is 4. The molecule has 0 unspecified atom stereocenters. The Bertz CT molecular complexity index is 584. The van der Waals surface area contributed by atoms with Gasteiger partial charge in [-0.15, -0.1) is 0 Å². The molecule has 1 fully saturated rings. The third-order valence-electron chi connectivity index (χ3n) is 4.06. The van der Waals surface area contributed by atoms with Crippen LogP contribution < -0.4 is 14.8 Å². The van der Waals surface area contributed by atoms with Crippen molar-refractivity contribution < 1.29 is 14.2 Å². The minimum atomic E-state index is 0.181. The van der Waals surface area contributed by atoms with Crippen LogP contribution in [0.25, 0.3) is 0 Å². The maximum atomic E-state index is 5.44. The average Bonchev–Trinajstić information content (AvgIpc) is 2.97. The fourth-order valence-electron chi connectivity index (χ4n) is 2.67. The number of guanidine groups is 1. The van der Waals surface area contributed by atoms with Crippen LogP contribution in [0.3, 0.4) is 0 Å². The Kier molecular flexibility index (Phi) is 4.61. The molecule has 0 aliphatic carbocycles. The molecule has 0 saturated carbocycles. The van der Waals surface area contributed by atoms with Crippen molar-refractivity contribution in [2.45, 2.75) is 20.4 Å². The molecule has 6 heteroatoms. The van der Waals surface area contributed by atoms with Crippen LogP contribution in [0.2, 0.25) is 0 Å². The molecule has 0 atom stereocenters. The van der Waals surface area contributed by atoms with E-state index in [0.29, 0.717) is 6.79 Å². The van der Waals surface area contributed by atoms with E-state index in [9.17, 15) is 0 Å². The third-order valence-corrected chi connectivity index (χ3v) is 4.06. The fraction of sp³-hybridized carbons (Fsp3) is 0.588. The highest BCUT2D eigenvalue weighted by Gasteiger charge is 2.33. The molecule has 126 valence electrons. The Labute approximate surface area is 137 Å². The average molecular weight is 319 g/mol. The van der Waals surface area contributed by atoms with Gasteiger partial charge >= 0.3 is 0 Å². The lowest BCUT2D eigenvalue weighted by atomic mass is 9.89. The smallest absolute Gasteiger partial charge is 0.231 e. The van der Waals surface area contributed by atoms with Crippen LogP contribution in [-0.4, -0.2) is 51.0 Å². The van der Waals surface area contributed by atoms with Crippen molar-refractivity contribution in [2.75, 3.05) is 40.1 Å². The van der Waals surface area contributed by atoms with Crippen molar-refractivity contribution in [2.24, 2.45) is 10.4 Å². The Balaban J connectivity index is 1.65. The minimum Gasteiger partial charge on any atom is -0.454 e. The van der Waals surface area contributed by atoms with Gasteiger partial charge in [-0.2, -0.15) is 0 Å². The molecule has 2 aliphatic rings. The highest BCUT2D eigenvalue weighted by molar-refractivity contribution is 5.79. The number of aliphatic imine (C=N–C) groups is 1. The molecule has 0 radical (unpaired) electrons. The predicted molar refractivity (Wildman–Crippen MR) is 88.9 cm³/mol. The maximum absolute atomic E-state index is 5.44. The minimum absolute atomic E-state index is 0.181. The van der Waals surface area contributed by atoms with Gasteiger partial charge < -0.3 is 24.4 Å². The van der Waals surface area contributed by atoms with Crippen LogP contribution >= 0.6 is 0 Å². The zero-order valence-electron chi connectivity index (χ0n) is 14.1. The van der Waals surface area contributed by atoms with Crippen LogP contribution in [0.15, 0.2) is 23.2 Å². The molecule has 2 heterocycles. The van der Waals surface area contributed by atoms with Gasteiger partial charge in [-0.25, -0.2) is 0 Å². The standard InChI is InChI=1S/C17H25N3O3/c1-4-18-16(19-9-17(2)10-21-11-17)20(3)8-13-5-6-14-15(7-13)23-12-22-14/h5-7H,4,8-12H2,1-3H3,(H,18,19). The molecule has 1 N–H and O–H groups in total. The number of rotatable bonds is 5. The SMILES string of the molecule is CCNC(=NCC1(C)COC1)N(C)Cc1ccc2c(c1)OCO2. The highest BCUT2D eigenvalue weighted by atomic mass is 16.7. The molecule has 0 aromatic heterocycles. The van der Waals surface area contributed by atoms with E-state index in [2.05, 4.69) is 30.1 Å². The number of nitrogens with zero attached hydrogens (tertiary/aromatic N) is 2. The normalized spacial score (nSPS) is 18.5. The fourth-order valence-corrected chi connectivity index (χ4v) is 2.67. The van der Waals surface area contributed by atoms with Gasteiger partial charge in [0.1, 0.15) is 0 Å². The molecular weight excluding hydrogens is 294 g/mol. The molecule has 2 aliphatic heterocycles. The van der Waals surface area contributed by atoms with Crippen LogP contribution in [0.1, 0.15) is 19.4 Å². The summed E-state index contributed by atoms with van der Waals surface area (Å²) in [6.07, 6.45) is 0. The number of nitrogens with one attached hydrogen (secondary N) is 1. The molecule has 3 rings (SSSR count). The summed E-state index contributed by atoms with van der Waals surface area (Å²) in [4.78, 5) is 6.90. The van der Waals surface area contributed by atoms with Crippen LogP contribution in [-0.2, 0) is 11.3 Å². The van der Waals surface area contributed by atoms with Gasteiger partial charge in [0.25, 0.3) is 0 Å². The van der Waals surface area contributed by atoms with Crippen LogP contribution in [0.5, 0.6) is 11.5 Å². The van der Waals surface area contributed by atoms with Crippen molar-refractivity contribution >= 4 is 5.96 Å². The van der Waals surface area contributed by atoms with Gasteiger partial charge in [-0.05, 0) is 24.6 Å². The van der Waals surface area contributed by atoms with Crippen molar-refractivity contribution in [3.05, 3.63) is 23.8 Å². The molecule has 0 bridgehead atoms. The Hall–Kier alpha value is -1.95. The van der Waals surface area contributed by atoms with Crippen molar-refractivity contribution in [1.29, 1.82) is 0 Å². The number of hydrogen-bond donors (Lipinski definition) is 1. The summed E-state index contributed by atoms with van der Waals surface area (Å²) in [7, 11) is 2.05. The first kappa shape index (κ1) is 15.9. The molecule has 6 nitrogen and oxygen atoms in total. The molecule has 0 spiro atoms. The molecule has 1 saturated heterocycles. The van der Waals surface area contributed by atoms with Gasteiger partial charge in [-0.3, -0.25) is 4.99 Å². The quantitative estimate of drug-likeness (QED) is 0.663. The second-order valence-corrected chi connectivity index (χ2v) is 6.52. The summed E-state index contributed by atoms with van der Waals surface area (Å²) < 4.78 is 16.1. The lowest BCUT2D eigenvalue weighted by Crippen LogP contribution is -2.44. The van der Waals surface area contributed by atoms with E-state index in [1.165, 1.54) is 5.56 Å². The predicted octanol–water partition coefficient (Wildman–Crippen LogP) is 1.85. The Morgan fingerprint density at radius 2 is 2.09 bits per heavy atom. The Morgan fingerprint density at radius 1 is 1.30 bits per heavy atom. The monoisotopic (exact) mass is 319 g/mol. The van der Waals surface area contributed by atoms with Gasteiger partial charge in [-0.1, -0.05) is 13.0 Å². The van der Waals surface area contributed by atoms with Gasteiger partial charge in [0.2, 0.25) is 6.79 Å². The number of benzene rings is 1. The second kappa shape index (κ2) is 6.66. The lowest BCUT2D eigenvalue weighted by molar-refractivity contribution is -0.0946. The molecule has 23 heavy (non-hydrogen) atoms. The summed E-state index contributed by atoms with van der Waals surface area (Å²) in [5.74, 6) is 2.55. The Morgan fingerprint density at radius 3 is 2.78 bits per heavy atom. The van der Waals surface area contributed by atoms with E-state index in [4.69, 9.17) is 19.2 Å². The van der Waals surface area contributed by atoms with E-state index < -0.39 is 0 Å². The van der Waals surface area contributed by atoms with E-state index in [0.717, 1.165) is 50.3 Å². The largest absolute Gasteiger partial charge is 0.454 e. The number of fused-ring (bicyclic) bond motifs is 1. The first-order valence-corrected chi connectivity index (χ1v) is 8.05. The summed E-state index contributed by atoms with van der Waals surface area (Å²) >= 11 is 0. The molecule has 1 aromatic carbocycles. The van der Waals surface area contributed by atoms with E-state index in [1.807, 2.05) is 19.2 Å². The lowest BCUT2D eigenvalue weighted by Gasteiger charge is -2.37. The van der Waals surface area contributed by atoms with Crippen LogP contribution in [0.4, 0.5) is 0 Å². The summed E-state index contributed by atoms with van der Waals surface area (Å²) in [6.45, 7) is 8.57. The second-order valence-electron chi connectivity index (χ2n) is 6.52. The zero-order valence-corrected chi connectivity index (χ0v) is 14.1. The van der Waals surface area contributed by atoms with Gasteiger partial charge in [0.05, 0.1) is 19.8 Å². The van der Waals surface area contributed by atoms with Crippen LogP contribution in [0, 0.1) is 5.41 Å². The zero-order chi connectivity index (χ0) is 16.3.